The van der Waals surface area contributed by atoms with Crippen LogP contribution in [0.2, 0.25) is 5.02 Å². The molecule has 5 atom stereocenters. The zero-order valence-electron chi connectivity index (χ0n) is 41.5. The van der Waals surface area contributed by atoms with Crippen molar-refractivity contribution in [2.75, 3.05) is 96.5 Å². The van der Waals surface area contributed by atoms with Crippen LogP contribution in [0.1, 0.15) is 141 Å². The molecule has 0 spiro atoms. The van der Waals surface area contributed by atoms with Crippen LogP contribution in [0.15, 0.2) is 48.8 Å². The zero-order chi connectivity index (χ0) is 49.2. The lowest BCUT2D eigenvalue weighted by Gasteiger charge is -2.41. The fourth-order valence-corrected chi connectivity index (χ4v) is 12.9. The van der Waals surface area contributed by atoms with E-state index >= 15 is 4.39 Å². The molecular formula is C55H73ClFN9O5. The maximum Gasteiger partial charge on any atom is 0.254 e. The van der Waals surface area contributed by atoms with Gasteiger partial charge in [0, 0.05) is 101 Å². The Morgan fingerprint density at radius 2 is 1.46 bits per heavy atom. The minimum absolute atomic E-state index is 0.00561. The van der Waals surface area contributed by atoms with Crippen LogP contribution in [0.4, 0.5) is 10.2 Å². The third kappa shape index (κ3) is 11.3. The van der Waals surface area contributed by atoms with Gasteiger partial charge in [-0.2, -0.15) is 0 Å². The summed E-state index contributed by atoms with van der Waals surface area (Å²) in [5.41, 5.74) is 3.19. The van der Waals surface area contributed by atoms with Crippen molar-refractivity contribution in [1.29, 1.82) is 0 Å². The number of piperazine rings is 2. The van der Waals surface area contributed by atoms with Gasteiger partial charge in [-0.15, -0.1) is 0 Å². The molecule has 6 fully saturated rings. The summed E-state index contributed by atoms with van der Waals surface area (Å²) in [5, 5.41) is 14.3. The number of aliphatic hydroxyl groups excluding tert-OH is 1. The third-order valence-corrected chi connectivity index (χ3v) is 17.4. The molecule has 16 heteroatoms. The van der Waals surface area contributed by atoms with E-state index in [4.69, 9.17) is 11.6 Å². The van der Waals surface area contributed by atoms with Crippen LogP contribution in [-0.2, 0) is 14.4 Å². The van der Waals surface area contributed by atoms with Gasteiger partial charge in [-0.1, -0.05) is 62.1 Å². The molecule has 2 aromatic carbocycles. The number of aliphatic hydroxyl groups is 1. The lowest BCUT2D eigenvalue weighted by atomic mass is 9.83. The summed E-state index contributed by atoms with van der Waals surface area (Å²) >= 11 is 6.33. The van der Waals surface area contributed by atoms with Crippen molar-refractivity contribution in [3.05, 3.63) is 87.6 Å². The summed E-state index contributed by atoms with van der Waals surface area (Å²) in [6.07, 6.45) is 12.0. The van der Waals surface area contributed by atoms with Crippen molar-refractivity contribution in [3.8, 4) is 0 Å². The smallest absolute Gasteiger partial charge is 0.254 e. The summed E-state index contributed by atoms with van der Waals surface area (Å²) < 4.78 is 16.4. The van der Waals surface area contributed by atoms with Crippen LogP contribution in [0.5, 0.6) is 0 Å². The lowest BCUT2D eigenvalue weighted by Crippen LogP contribution is -2.57. The Balaban J connectivity index is 0.715. The number of nitrogens with zero attached hydrogens (tertiary/aromatic N) is 8. The van der Waals surface area contributed by atoms with Gasteiger partial charge in [0.15, 0.2) is 0 Å². The molecule has 4 aliphatic heterocycles. The van der Waals surface area contributed by atoms with Crippen molar-refractivity contribution in [2.24, 2.45) is 17.8 Å². The van der Waals surface area contributed by atoms with E-state index in [1.807, 2.05) is 39.0 Å². The van der Waals surface area contributed by atoms with E-state index in [2.05, 4.69) is 36.9 Å². The predicted molar refractivity (Wildman–Crippen MR) is 271 cm³/mol. The van der Waals surface area contributed by atoms with Gasteiger partial charge < -0.3 is 34.9 Å². The maximum atomic E-state index is 16.4. The first-order chi connectivity index (χ1) is 34.5. The number of halogens is 2. The van der Waals surface area contributed by atoms with Gasteiger partial charge in [-0.25, -0.2) is 14.4 Å². The van der Waals surface area contributed by atoms with Crippen molar-refractivity contribution in [2.45, 2.75) is 114 Å². The van der Waals surface area contributed by atoms with Crippen LogP contribution < -0.4 is 10.2 Å². The van der Waals surface area contributed by atoms with E-state index in [-0.39, 0.29) is 52.9 Å². The number of rotatable bonds is 13. The van der Waals surface area contributed by atoms with Crippen molar-refractivity contribution in [3.63, 3.8) is 0 Å². The molecule has 0 bridgehead atoms. The van der Waals surface area contributed by atoms with Gasteiger partial charge >= 0.3 is 0 Å². The molecule has 2 N–H and O–H groups in total. The van der Waals surface area contributed by atoms with Gasteiger partial charge in [0.05, 0.1) is 23.3 Å². The Morgan fingerprint density at radius 1 is 0.761 bits per heavy atom. The number of likely N-dealkylation sites (tertiary alicyclic amines) is 2. The average molecular weight is 995 g/mol. The minimum atomic E-state index is -0.707. The largest absolute Gasteiger partial charge is 0.387 e. The number of hydrogen-bond acceptors (Lipinski definition) is 10. The molecular weight excluding hydrogens is 921 g/mol. The highest BCUT2D eigenvalue weighted by molar-refractivity contribution is 6.30. The predicted octanol–water partition coefficient (Wildman–Crippen LogP) is 6.59. The van der Waals surface area contributed by atoms with Gasteiger partial charge in [-0.05, 0) is 118 Å². The van der Waals surface area contributed by atoms with Gasteiger partial charge in [-0.3, -0.25) is 24.1 Å². The van der Waals surface area contributed by atoms with E-state index in [1.165, 1.54) is 6.07 Å². The first-order valence-corrected chi connectivity index (χ1v) is 27.3. The second-order valence-corrected chi connectivity index (χ2v) is 22.3. The van der Waals surface area contributed by atoms with Crippen LogP contribution in [0.25, 0.3) is 0 Å². The van der Waals surface area contributed by atoms with Gasteiger partial charge in [0.25, 0.3) is 5.91 Å². The van der Waals surface area contributed by atoms with Crippen molar-refractivity contribution in [1.82, 2.24) is 39.8 Å². The molecule has 7 aliphatic rings. The normalized spacial score (nSPS) is 24.9. The van der Waals surface area contributed by atoms with E-state index in [1.54, 1.807) is 18.5 Å². The Morgan fingerprint density at radius 3 is 2.18 bits per heavy atom. The summed E-state index contributed by atoms with van der Waals surface area (Å²) in [4.78, 5) is 77.8. The summed E-state index contributed by atoms with van der Waals surface area (Å²) in [6, 6.07) is 12.0. The molecule has 4 amide bonds. The summed E-state index contributed by atoms with van der Waals surface area (Å²) in [7, 11) is 0. The Hall–Kier alpha value is -4.70. The number of hydrogen-bond donors (Lipinski definition) is 2. The van der Waals surface area contributed by atoms with Gasteiger partial charge in [0.1, 0.15) is 24.0 Å². The molecule has 71 heavy (non-hydrogen) atoms. The van der Waals surface area contributed by atoms with Crippen LogP contribution in [0.3, 0.4) is 0 Å². The number of amides is 4. The third-order valence-electron chi connectivity index (χ3n) is 17.1. The fourth-order valence-electron chi connectivity index (χ4n) is 12.8. The first-order valence-electron chi connectivity index (χ1n) is 26.9. The SMILES string of the molecule is C[C@@H]1C[C@@H](O)c2ncnc(N3CCN(C(=O)C(CN4CCC(CN5CCN(C(=O)[C@H](NC(=O)c6cccc([C@H]7CCCN(C(=O)C8CC8)C7)c6F)C6CCCCC6)CC5)CC4)c4ccc(Cl)cc4)CC3)c21. The Labute approximate surface area is 423 Å². The molecule has 4 saturated heterocycles. The van der Waals surface area contributed by atoms with Crippen molar-refractivity contribution >= 4 is 41.0 Å². The van der Waals surface area contributed by atoms with Crippen LogP contribution in [0, 0.1) is 23.6 Å². The number of aromatic nitrogens is 2. The minimum Gasteiger partial charge on any atom is -0.387 e. The van der Waals surface area contributed by atoms with Crippen LogP contribution in [-0.4, -0.2) is 161 Å². The highest BCUT2D eigenvalue weighted by Gasteiger charge is 2.40. The topological polar surface area (TPSA) is 146 Å². The number of carbonyl (C=O) groups is 4. The number of benzene rings is 2. The number of nitrogens with one attached hydrogen (secondary N) is 1. The quantitative estimate of drug-likeness (QED) is 0.192. The highest BCUT2D eigenvalue weighted by Crippen LogP contribution is 2.43. The van der Waals surface area contributed by atoms with E-state index < -0.39 is 23.9 Å². The van der Waals surface area contributed by atoms with E-state index in [0.29, 0.717) is 81.8 Å². The molecule has 1 unspecified atom stereocenters. The molecule has 0 radical (unpaired) electrons. The fraction of sp³-hybridized carbons (Fsp3) is 0.636. The average Bonchev–Trinajstić information content (AvgIpc) is 4.22. The molecule has 2 saturated carbocycles. The van der Waals surface area contributed by atoms with Crippen molar-refractivity contribution < 1.29 is 28.7 Å². The lowest BCUT2D eigenvalue weighted by molar-refractivity contribution is -0.137. The second-order valence-electron chi connectivity index (χ2n) is 21.9. The van der Waals surface area contributed by atoms with E-state index in [0.717, 1.165) is 126 Å². The molecule has 5 heterocycles. The maximum absolute atomic E-state index is 16.4. The zero-order valence-corrected chi connectivity index (χ0v) is 42.3. The Kier molecular flexibility index (Phi) is 15.6. The van der Waals surface area contributed by atoms with E-state index in [9.17, 15) is 24.3 Å². The molecule has 1 aromatic heterocycles. The number of piperidine rings is 2. The molecule has 14 nitrogen and oxygen atoms in total. The molecule has 10 rings (SSSR count). The second kappa shape index (κ2) is 22.2. The standard InChI is InChI=1S/C55H73ClFN9O5/c1-36-31-46(67)50-47(36)51(59-35-58-50)63-27-29-64(30-28-63)54(70)45(38-14-16-42(56)17-15-38)34-61-21-18-37(19-22-61)32-62-23-25-65(26-24-62)55(71)49(39-7-3-2-4-8-39)60-52(68)44-11-5-10-43(48(44)57)41-9-6-20-66(33-41)53(69)40-12-13-40/h5,10-11,14-17,35-37,39-41,45-46,49,67H,2-4,6-9,12-13,18-34H2,1H3,(H,60,68)/t36-,41+,45?,46-,49-/m1/s1. The summed E-state index contributed by atoms with van der Waals surface area (Å²) in [6.45, 7) is 11.9. The number of anilines is 1. The van der Waals surface area contributed by atoms with Gasteiger partial charge in [0.2, 0.25) is 17.7 Å². The summed E-state index contributed by atoms with van der Waals surface area (Å²) in [5.74, 6) is 0.374. The monoisotopic (exact) mass is 994 g/mol. The molecule has 3 aromatic rings. The highest BCUT2D eigenvalue weighted by atomic mass is 35.5. The Bertz CT molecular complexity index is 2380. The molecule has 382 valence electrons. The molecule has 3 aliphatic carbocycles. The number of fused-ring (bicyclic) bond motifs is 1. The van der Waals surface area contributed by atoms with Crippen LogP contribution >= 0.6 is 11.6 Å². The first kappa shape index (κ1) is 49.9. The number of carbonyl (C=O) groups excluding carboxylic acids is 4.